The zero-order valence-electron chi connectivity index (χ0n) is 14.4. The van der Waals surface area contributed by atoms with Gasteiger partial charge in [0.2, 0.25) is 11.0 Å². The second-order valence-corrected chi connectivity index (χ2v) is 7.79. The molecule has 2 aromatic carbocycles. The van der Waals surface area contributed by atoms with Gasteiger partial charge >= 0.3 is 6.18 Å². The van der Waals surface area contributed by atoms with Crippen LogP contribution in [-0.2, 0) is 4.79 Å². The second-order valence-electron chi connectivity index (χ2n) is 5.59. The van der Waals surface area contributed by atoms with E-state index in [0.717, 1.165) is 34.2 Å². The van der Waals surface area contributed by atoms with Crippen LogP contribution in [0.15, 0.2) is 58.9 Å². The van der Waals surface area contributed by atoms with Gasteiger partial charge in [-0.1, -0.05) is 71.6 Å². The third-order valence-electron chi connectivity index (χ3n) is 3.46. The molecule has 0 radical (unpaired) electrons. The molecule has 1 aromatic heterocycles. The average molecular weight is 424 g/mol. The number of nitrogens with zero attached hydrogens (tertiary/aromatic N) is 2. The standard InChI is InChI=1S/C18H15F3N4OS2/c19-18(20,21)11-22-16-24-25-17(28-16)27-10-15(26)23-14-9-5-4-8-13(14)12-6-2-1-3-7-12/h1-9H,10-11H2,(H,22,24)(H,23,26). The molecule has 0 fully saturated rings. The Bertz CT molecular complexity index is 932. The highest BCUT2D eigenvalue weighted by Crippen LogP contribution is 2.29. The fourth-order valence-corrected chi connectivity index (χ4v) is 3.84. The molecule has 0 aliphatic heterocycles. The molecular formula is C18H15F3N4OS2. The third-order valence-corrected chi connectivity index (χ3v) is 5.47. The largest absolute Gasteiger partial charge is 0.405 e. The van der Waals surface area contributed by atoms with Crippen LogP contribution in [0.5, 0.6) is 0 Å². The van der Waals surface area contributed by atoms with Crippen molar-refractivity contribution in [1.82, 2.24) is 10.2 Å². The zero-order chi connectivity index (χ0) is 20.0. The first-order valence-electron chi connectivity index (χ1n) is 8.12. The van der Waals surface area contributed by atoms with Gasteiger partial charge in [0.15, 0.2) is 4.34 Å². The third kappa shape index (κ3) is 5.96. The molecule has 0 aliphatic rings. The van der Waals surface area contributed by atoms with Gasteiger partial charge in [-0.2, -0.15) is 13.2 Å². The number of halogens is 3. The SMILES string of the molecule is O=C(CSc1nnc(NCC(F)(F)F)s1)Nc1ccccc1-c1ccccc1. The van der Waals surface area contributed by atoms with Crippen molar-refractivity contribution in [2.24, 2.45) is 0 Å². The number of nitrogens with one attached hydrogen (secondary N) is 2. The molecule has 1 amide bonds. The minimum atomic E-state index is -4.33. The molecule has 2 N–H and O–H groups in total. The van der Waals surface area contributed by atoms with Crippen molar-refractivity contribution in [2.75, 3.05) is 22.9 Å². The predicted molar refractivity (Wildman–Crippen MR) is 106 cm³/mol. The highest BCUT2D eigenvalue weighted by Gasteiger charge is 2.27. The van der Waals surface area contributed by atoms with Crippen LogP contribution in [0.4, 0.5) is 24.0 Å². The zero-order valence-corrected chi connectivity index (χ0v) is 16.0. The maximum atomic E-state index is 12.3. The Morgan fingerprint density at radius 1 is 1.04 bits per heavy atom. The van der Waals surface area contributed by atoms with Crippen LogP contribution >= 0.6 is 23.1 Å². The van der Waals surface area contributed by atoms with Gasteiger partial charge < -0.3 is 10.6 Å². The van der Waals surface area contributed by atoms with Crippen molar-refractivity contribution < 1.29 is 18.0 Å². The molecule has 0 saturated carbocycles. The number of thioether (sulfide) groups is 1. The van der Waals surface area contributed by atoms with Crippen molar-refractivity contribution in [3.05, 3.63) is 54.6 Å². The lowest BCUT2D eigenvalue weighted by Crippen LogP contribution is -2.21. The van der Waals surface area contributed by atoms with Gasteiger partial charge in [0.1, 0.15) is 6.54 Å². The molecule has 146 valence electrons. The van der Waals surface area contributed by atoms with E-state index in [4.69, 9.17) is 0 Å². The number of carbonyl (C=O) groups excluding carboxylic acids is 1. The van der Waals surface area contributed by atoms with Gasteiger partial charge in [-0.15, -0.1) is 10.2 Å². The molecule has 1 heterocycles. The van der Waals surface area contributed by atoms with Gasteiger partial charge in [0.05, 0.1) is 5.75 Å². The first-order valence-corrected chi connectivity index (χ1v) is 9.92. The molecule has 0 atom stereocenters. The number of hydrogen-bond donors (Lipinski definition) is 2. The summed E-state index contributed by atoms with van der Waals surface area (Å²) in [6.07, 6.45) is -4.33. The van der Waals surface area contributed by atoms with Crippen molar-refractivity contribution in [2.45, 2.75) is 10.5 Å². The number of carbonyl (C=O) groups is 1. The number of amides is 1. The Hall–Kier alpha value is -2.59. The molecule has 0 bridgehead atoms. The summed E-state index contributed by atoms with van der Waals surface area (Å²) in [5.41, 5.74) is 2.57. The van der Waals surface area contributed by atoms with Crippen LogP contribution in [0.3, 0.4) is 0 Å². The maximum absolute atomic E-state index is 12.3. The summed E-state index contributed by atoms with van der Waals surface area (Å²) in [5.74, 6) is -0.176. The Kier molecular flexibility index (Phi) is 6.53. The number of anilines is 2. The Morgan fingerprint density at radius 2 is 1.75 bits per heavy atom. The summed E-state index contributed by atoms with van der Waals surface area (Å²) in [6.45, 7) is -1.18. The molecule has 5 nitrogen and oxygen atoms in total. The fourth-order valence-electron chi connectivity index (χ4n) is 2.29. The maximum Gasteiger partial charge on any atom is 0.405 e. The van der Waals surface area contributed by atoms with Crippen molar-refractivity contribution in [3.63, 3.8) is 0 Å². The Morgan fingerprint density at radius 3 is 2.50 bits per heavy atom. The smallest absolute Gasteiger partial charge is 0.351 e. The average Bonchev–Trinajstić information content (AvgIpc) is 3.13. The Balaban J connectivity index is 1.57. The van der Waals surface area contributed by atoms with E-state index in [0.29, 0.717) is 10.0 Å². The lowest BCUT2D eigenvalue weighted by Gasteiger charge is -2.10. The summed E-state index contributed by atoms with van der Waals surface area (Å²) < 4.78 is 37.0. The van der Waals surface area contributed by atoms with Gasteiger partial charge in [0, 0.05) is 11.3 Å². The van der Waals surface area contributed by atoms with E-state index in [1.807, 2.05) is 54.6 Å². The molecule has 0 aliphatic carbocycles. The van der Waals surface area contributed by atoms with Crippen molar-refractivity contribution in [3.8, 4) is 11.1 Å². The van der Waals surface area contributed by atoms with Crippen LogP contribution in [-0.4, -0.2) is 34.6 Å². The van der Waals surface area contributed by atoms with Crippen LogP contribution < -0.4 is 10.6 Å². The molecule has 0 saturated heterocycles. The lowest BCUT2D eigenvalue weighted by atomic mass is 10.0. The lowest BCUT2D eigenvalue weighted by molar-refractivity contribution is -0.115. The highest BCUT2D eigenvalue weighted by atomic mass is 32.2. The molecule has 10 heteroatoms. The number of benzene rings is 2. The topological polar surface area (TPSA) is 66.9 Å². The first kappa shape index (κ1) is 20.2. The predicted octanol–water partition coefficient (Wildman–Crippen LogP) is 4.91. The van der Waals surface area contributed by atoms with Crippen LogP contribution in [0.25, 0.3) is 11.1 Å². The number of para-hydroxylation sites is 1. The molecule has 3 rings (SSSR count). The molecule has 0 unspecified atom stereocenters. The Labute approximate surface area is 167 Å². The second kappa shape index (κ2) is 9.07. The van der Waals surface area contributed by atoms with E-state index in [-0.39, 0.29) is 16.8 Å². The summed E-state index contributed by atoms with van der Waals surface area (Å²) in [5, 5.41) is 12.5. The minimum Gasteiger partial charge on any atom is -0.351 e. The highest BCUT2D eigenvalue weighted by molar-refractivity contribution is 8.01. The molecule has 0 spiro atoms. The number of alkyl halides is 3. The molecule has 28 heavy (non-hydrogen) atoms. The van der Waals surface area contributed by atoms with Gasteiger partial charge in [0.25, 0.3) is 0 Å². The van der Waals surface area contributed by atoms with E-state index < -0.39 is 12.7 Å². The van der Waals surface area contributed by atoms with Gasteiger partial charge in [-0.3, -0.25) is 4.79 Å². The number of hydrogen-bond acceptors (Lipinski definition) is 6. The van der Waals surface area contributed by atoms with E-state index in [2.05, 4.69) is 20.8 Å². The molecule has 3 aromatic rings. The summed E-state index contributed by atoms with van der Waals surface area (Å²) in [6, 6.07) is 17.1. The van der Waals surface area contributed by atoms with E-state index in [9.17, 15) is 18.0 Å². The quantitative estimate of drug-likeness (QED) is 0.528. The van der Waals surface area contributed by atoms with Crippen LogP contribution in [0, 0.1) is 0 Å². The fraction of sp³-hybridized carbons (Fsp3) is 0.167. The van der Waals surface area contributed by atoms with Gasteiger partial charge in [-0.05, 0) is 11.6 Å². The number of aromatic nitrogens is 2. The van der Waals surface area contributed by atoms with E-state index in [1.54, 1.807) is 0 Å². The number of rotatable bonds is 7. The summed E-state index contributed by atoms with van der Waals surface area (Å²) in [4.78, 5) is 12.3. The van der Waals surface area contributed by atoms with Crippen LogP contribution in [0.2, 0.25) is 0 Å². The van der Waals surface area contributed by atoms with Gasteiger partial charge in [-0.25, -0.2) is 0 Å². The summed E-state index contributed by atoms with van der Waals surface area (Å²) >= 11 is 2.09. The normalized spacial score (nSPS) is 11.2. The summed E-state index contributed by atoms with van der Waals surface area (Å²) in [7, 11) is 0. The van der Waals surface area contributed by atoms with E-state index >= 15 is 0 Å². The van der Waals surface area contributed by atoms with Crippen molar-refractivity contribution in [1.29, 1.82) is 0 Å². The van der Waals surface area contributed by atoms with Crippen molar-refractivity contribution >= 4 is 39.8 Å². The first-order chi connectivity index (χ1) is 13.4. The minimum absolute atomic E-state index is 0.0645. The van der Waals surface area contributed by atoms with Crippen LogP contribution in [0.1, 0.15) is 0 Å². The molecular weight excluding hydrogens is 409 g/mol. The van der Waals surface area contributed by atoms with E-state index in [1.165, 1.54) is 0 Å². The monoisotopic (exact) mass is 424 g/mol.